The van der Waals surface area contributed by atoms with Crippen LogP contribution in [0.4, 0.5) is 16.5 Å². The van der Waals surface area contributed by atoms with Gasteiger partial charge in [-0.15, -0.1) is 0 Å². The molecule has 150 valence electrons. The molecule has 4 rings (SSSR count). The Kier molecular flexibility index (Phi) is 5.92. The molecule has 0 saturated carbocycles. The zero-order chi connectivity index (χ0) is 20.9. The van der Waals surface area contributed by atoms with Gasteiger partial charge in [0.05, 0.1) is 18.5 Å². The van der Waals surface area contributed by atoms with Crippen molar-refractivity contribution in [1.82, 2.24) is 9.36 Å². The fraction of sp³-hybridized carbons (Fsp3) is 0.0455. The number of nitrogens with zero attached hydrogens (tertiary/aromatic N) is 4. The van der Waals surface area contributed by atoms with Crippen LogP contribution >= 0.6 is 23.1 Å². The molecule has 6 nitrogen and oxygen atoms in total. The quantitative estimate of drug-likeness (QED) is 0.323. The van der Waals surface area contributed by atoms with Crippen LogP contribution in [0.1, 0.15) is 0 Å². The summed E-state index contributed by atoms with van der Waals surface area (Å²) in [6, 6.07) is 24.4. The molecule has 1 heterocycles. The largest absolute Gasteiger partial charge is 0.495 e. The zero-order valence-electron chi connectivity index (χ0n) is 16.1. The molecule has 0 bridgehead atoms. The maximum Gasteiger partial charge on any atom is 0.217 e. The first kappa shape index (κ1) is 19.9. The van der Waals surface area contributed by atoms with Crippen LogP contribution in [-0.2, 0) is 0 Å². The molecule has 0 aliphatic heterocycles. The average molecular weight is 436 g/mol. The van der Waals surface area contributed by atoms with Gasteiger partial charge in [-0.2, -0.15) is 9.36 Å². The summed E-state index contributed by atoms with van der Waals surface area (Å²) in [7, 11) is 1.61. The fourth-order valence-electron chi connectivity index (χ4n) is 2.85. The number of aliphatic imine (C=N–C) groups is 1. The van der Waals surface area contributed by atoms with Gasteiger partial charge in [0.2, 0.25) is 11.1 Å². The molecule has 0 aliphatic carbocycles. The number of hydrogen-bond donors (Lipinski definition) is 1. The number of ether oxygens (including phenoxy) is 1. The van der Waals surface area contributed by atoms with Crippen LogP contribution in [0.15, 0.2) is 83.9 Å². The lowest BCUT2D eigenvalue weighted by Crippen LogP contribution is -2.33. The highest BCUT2D eigenvalue weighted by atomic mass is 35.5. The van der Waals surface area contributed by atoms with E-state index >= 15 is 0 Å². The third-order valence-electron chi connectivity index (χ3n) is 4.26. The van der Waals surface area contributed by atoms with Gasteiger partial charge >= 0.3 is 0 Å². The van der Waals surface area contributed by atoms with Gasteiger partial charge < -0.3 is 10.5 Å². The minimum Gasteiger partial charge on any atom is -0.495 e. The average Bonchev–Trinajstić information content (AvgIpc) is 3.26. The molecule has 1 aromatic heterocycles. The summed E-state index contributed by atoms with van der Waals surface area (Å²) in [5.74, 6) is 1.50. The predicted molar refractivity (Wildman–Crippen MR) is 123 cm³/mol. The van der Waals surface area contributed by atoms with Crippen molar-refractivity contribution in [3.63, 3.8) is 0 Å². The second-order valence-corrected chi connectivity index (χ2v) is 7.39. The molecule has 0 unspecified atom stereocenters. The van der Waals surface area contributed by atoms with E-state index in [9.17, 15) is 0 Å². The van der Waals surface area contributed by atoms with E-state index in [2.05, 4.69) is 9.37 Å². The summed E-state index contributed by atoms with van der Waals surface area (Å²) in [5.41, 5.74) is 8.76. The monoisotopic (exact) mass is 435 g/mol. The van der Waals surface area contributed by atoms with Gasteiger partial charge in [-0.25, -0.2) is 4.99 Å². The van der Waals surface area contributed by atoms with E-state index in [-0.39, 0.29) is 5.96 Å². The van der Waals surface area contributed by atoms with Crippen molar-refractivity contribution in [2.45, 2.75) is 0 Å². The second kappa shape index (κ2) is 8.94. The molecule has 0 radical (unpaired) electrons. The lowest BCUT2D eigenvalue weighted by molar-refractivity contribution is 0.416. The molecule has 0 fully saturated rings. The number of hydrogen-bond acceptors (Lipinski definition) is 5. The normalized spacial score (nSPS) is 11.3. The third-order valence-corrected chi connectivity index (χ3v) is 5.22. The molecule has 0 aliphatic rings. The van der Waals surface area contributed by atoms with Crippen molar-refractivity contribution in [3.8, 4) is 17.1 Å². The van der Waals surface area contributed by atoms with Crippen LogP contribution in [-0.4, -0.2) is 22.4 Å². The molecule has 8 heteroatoms. The van der Waals surface area contributed by atoms with Crippen LogP contribution in [0, 0.1) is 0 Å². The van der Waals surface area contributed by atoms with Gasteiger partial charge in [-0.05, 0) is 36.4 Å². The summed E-state index contributed by atoms with van der Waals surface area (Å²) >= 11 is 7.21. The number of rotatable bonds is 5. The van der Waals surface area contributed by atoms with Gasteiger partial charge in [0.25, 0.3) is 0 Å². The van der Waals surface area contributed by atoms with Gasteiger partial charge in [0.15, 0.2) is 5.82 Å². The van der Waals surface area contributed by atoms with E-state index in [0.717, 1.165) is 5.56 Å². The summed E-state index contributed by atoms with van der Waals surface area (Å²) in [6.07, 6.45) is 0. The Balaban J connectivity index is 1.80. The lowest BCUT2D eigenvalue weighted by atomic mass is 10.2. The third kappa shape index (κ3) is 4.27. The van der Waals surface area contributed by atoms with Gasteiger partial charge in [0, 0.05) is 22.1 Å². The summed E-state index contributed by atoms with van der Waals surface area (Å²) in [4.78, 5) is 11.0. The highest BCUT2D eigenvalue weighted by molar-refractivity contribution is 7.10. The van der Waals surface area contributed by atoms with Crippen LogP contribution in [0.3, 0.4) is 0 Å². The molecule has 0 atom stereocenters. The van der Waals surface area contributed by atoms with Crippen LogP contribution < -0.4 is 15.4 Å². The number of aromatic nitrogens is 2. The number of anilines is 2. The van der Waals surface area contributed by atoms with Crippen molar-refractivity contribution in [1.29, 1.82) is 0 Å². The smallest absolute Gasteiger partial charge is 0.217 e. The summed E-state index contributed by atoms with van der Waals surface area (Å²) in [6.45, 7) is 0. The molecular weight excluding hydrogens is 418 g/mol. The Morgan fingerprint density at radius 2 is 1.70 bits per heavy atom. The van der Waals surface area contributed by atoms with Crippen molar-refractivity contribution in [3.05, 3.63) is 83.9 Å². The van der Waals surface area contributed by atoms with Crippen LogP contribution in [0.25, 0.3) is 11.4 Å². The van der Waals surface area contributed by atoms with E-state index in [1.54, 1.807) is 36.3 Å². The zero-order valence-corrected chi connectivity index (χ0v) is 17.6. The number of benzene rings is 3. The van der Waals surface area contributed by atoms with E-state index < -0.39 is 0 Å². The second-order valence-electron chi connectivity index (χ2n) is 6.22. The number of nitrogens with two attached hydrogens (primary N) is 1. The molecule has 2 N–H and O–H groups in total. The van der Waals surface area contributed by atoms with Gasteiger partial charge in [-0.3, -0.25) is 4.90 Å². The topological polar surface area (TPSA) is 76.6 Å². The predicted octanol–water partition coefficient (Wildman–Crippen LogP) is 5.65. The molecule has 0 amide bonds. The van der Waals surface area contributed by atoms with Gasteiger partial charge in [0.1, 0.15) is 5.75 Å². The fourth-order valence-corrected chi connectivity index (χ4v) is 3.69. The number of para-hydroxylation sites is 2. The minimum absolute atomic E-state index is 0.234. The first-order valence-corrected chi connectivity index (χ1v) is 10.2. The van der Waals surface area contributed by atoms with E-state index in [4.69, 9.17) is 27.1 Å². The Bertz CT molecular complexity index is 1160. The van der Waals surface area contributed by atoms with E-state index in [0.29, 0.717) is 33.1 Å². The Labute approximate surface area is 183 Å². The molecular formula is C22H18ClN5OS. The van der Waals surface area contributed by atoms with E-state index in [1.165, 1.54) is 11.5 Å². The molecule has 0 saturated heterocycles. The first-order chi connectivity index (χ1) is 14.7. The highest BCUT2D eigenvalue weighted by Gasteiger charge is 2.22. The number of halogens is 1. The standard InChI is InChI=1S/C22H18ClN5OS/c1-29-19-10-6-5-9-18(19)28(21(24)25-17-13-11-16(23)12-14-17)22-26-20(27-30-22)15-7-3-2-4-8-15/h2-14H,1H3,(H2,24,25). The van der Waals surface area contributed by atoms with Crippen molar-refractivity contribution in [2.24, 2.45) is 10.7 Å². The van der Waals surface area contributed by atoms with Crippen LogP contribution in [0.2, 0.25) is 5.02 Å². The number of methoxy groups -OCH3 is 1. The van der Waals surface area contributed by atoms with Gasteiger partial charge in [-0.1, -0.05) is 54.1 Å². The maximum atomic E-state index is 6.45. The SMILES string of the molecule is COc1ccccc1N(C(N)=Nc1ccc(Cl)cc1)c1nc(-c2ccccc2)ns1. The van der Waals surface area contributed by atoms with Crippen molar-refractivity contribution >= 4 is 45.6 Å². The Morgan fingerprint density at radius 1 is 1.00 bits per heavy atom. The minimum atomic E-state index is 0.234. The molecule has 3 aromatic carbocycles. The van der Waals surface area contributed by atoms with Crippen LogP contribution in [0.5, 0.6) is 5.75 Å². The summed E-state index contributed by atoms with van der Waals surface area (Å²) < 4.78 is 10.1. The summed E-state index contributed by atoms with van der Waals surface area (Å²) in [5, 5.41) is 1.21. The van der Waals surface area contributed by atoms with Crippen molar-refractivity contribution in [2.75, 3.05) is 12.0 Å². The molecule has 30 heavy (non-hydrogen) atoms. The Hall–Kier alpha value is -3.42. The molecule has 0 spiro atoms. The highest BCUT2D eigenvalue weighted by Crippen LogP contribution is 2.36. The maximum absolute atomic E-state index is 6.45. The first-order valence-electron chi connectivity index (χ1n) is 9.07. The molecule has 4 aromatic rings. The number of guanidine groups is 1. The Morgan fingerprint density at radius 3 is 2.43 bits per heavy atom. The lowest BCUT2D eigenvalue weighted by Gasteiger charge is -2.22. The van der Waals surface area contributed by atoms with Crippen molar-refractivity contribution < 1.29 is 4.74 Å². The van der Waals surface area contributed by atoms with E-state index in [1.807, 2.05) is 54.6 Å².